The highest BCUT2D eigenvalue weighted by molar-refractivity contribution is 5.26. The van der Waals surface area contributed by atoms with E-state index in [0.29, 0.717) is 0 Å². The van der Waals surface area contributed by atoms with Crippen molar-refractivity contribution < 1.29 is 9.15 Å². The summed E-state index contributed by atoms with van der Waals surface area (Å²) in [6.45, 7) is 4.60. The number of rotatable bonds is 9. The van der Waals surface area contributed by atoms with Gasteiger partial charge < -0.3 is 14.5 Å². The fourth-order valence-corrected chi connectivity index (χ4v) is 2.22. The highest BCUT2D eigenvalue weighted by Crippen LogP contribution is 2.12. The highest BCUT2D eigenvalue weighted by Gasteiger charge is 2.05. The van der Waals surface area contributed by atoms with E-state index < -0.39 is 0 Å². The molecule has 0 atom stereocenters. The second-order valence-corrected chi connectivity index (χ2v) is 5.14. The van der Waals surface area contributed by atoms with Gasteiger partial charge in [0.1, 0.15) is 5.76 Å². The number of hydrogen-bond donors (Lipinski definition) is 1. The van der Waals surface area contributed by atoms with Crippen molar-refractivity contribution in [3.63, 3.8) is 0 Å². The smallest absolute Gasteiger partial charge is 0.195 e. The quantitative estimate of drug-likeness (QED) is 0.720. The van der Waals surface area contributed by atoms with Gasteiger partial charge in [-0.2, -0.15) is 0 Å². The van der Waals surface area contributed by atoms with Gasteiger partial charge in [0, 0.05) is 33.0 Å². The van der Waals surface area contributed by atoms with Gasteiger partial charge in [0.05, 0.1) is 12.8 Å². The largest absolute Gasteiger partial charge is 0.446 e. The van der Waals surface area contributed by atoms with Gasteiger partial charge in [-0.25, -0.2) is 4.98 Å². The number of oxazole rings is 1. The van der Waals surface area contributed by atoms with E-state index in [-0.39, 0.29) is 0 Å². The van der Waals surface area contributed by atoms with Crippen molar-refractivity contribution in [1.29, 1.82) is 0 Å². The third-order valence-electron chi connectivity index (χ3n) is 3.50. The molecule has 1 N–H and O–H groups in total. The van der Waals surface area contributed by atoms with Crippen LogP contribution < -0.4 is 5.32 Å². The average Bonchev–Trinajstić information content (AvgIpc) is 2.94. The summed E-state index contributed by atoms with van der Waals surface area (Å²) in [7, 11) is 1.70. The predicted molar refractivity (Wildman–Crippen MR) is 83.5 cm³/mol. The fourth-order valence-electron chi connectivity index (χ4n) is 2.22. The number of ether oxygens (including phenoxy) is 1. The van der Waals surface area contributed by atoms with E-state index in [1.54, 1.807) is 7.11 Å². The van der Waals surface area contributed by atoms with E-state index in [1.165, 1.54) is 11.1 Å². The molecule has 0 radical (unpaired) electrons. The first-order chi connectivity index (χ1) is 10.3. The Morgan fingerprint density at radius 2 is 2.00 bits per heavy atom. The van der Waals surface area contributed by atoms with E-state index in [9.17, 15) is 0 Å². The van der Waals surface area contributed by atoms with Crippen molar-refractivity contribution in [3.8, 4) is 0 Å². The van der Waals surface area contributed by atoms with Crippen LogP contribution in [0.5, 0.6) is 0 Å². The SMILES string of the molecule is COCCNCCc1ncc(CCc2ccccc2C)o1. The molecule has 0 saturated heterocycles. The van der Waals surface area contributed by atoms with Crippen LogP contribution in [0.1, 0.15) is 22.8 Å². The molecule has 2 rings (SSSR count). The fraction of sp³-hybridized carbons (Fsp3) is 0.471. The maximum atomic E-state index is 5.77. The van der Waals surface area contributed by atoms with Crippen LogP contribution in [0.2, 0.25) is 0 Å². The Hall–Kier alpha value is -1.65. The van der Waals surface area contributed by atoms with Crippen molar-refractivity contribution >= 4 is 0 Å². The van der Waals surface area contributed by atoms with E-state index in [0.717, 1.165) is 50.6 Å². The van der Waals surface area contributed by atoms with Gasteiger partial charge in [-0.15, -0.1) is 0 Å². The molecule has 4 nitrogen and oxygen atoms in total. The standard InChI is InChI=1S/C17H24N2O2/c1-14-5-3-4-6-15(14)7-8-16-13-19-17(21-16)9-10-18-11-12-20-2/h3-6,13,18H,7-12H2,1-2H3. The number of aryl methyl sites for hydroxylation is 3. The topological polar surface area (TPSA) is 47.3 Å². The maximum Gasteiger partial charge on any atom is 0.195 e. The molecule has 0 aliphatic heterocycles. The van der Waals surface area contributed by atoms with Gasteiger partial charge in [0.25, 0.3) is 0 Å². The van der Waals surface area contributed by atoms with Gasteiger partial charge in [-0.05, 0) is 24.5 Å². The van der Waals surface area contributed by atoms with Crippen LogP contribution in [0.25, 0.3) is 0 Å². The molecular formula is C17H24N2O2. The second-order valence-electron chi connectivity index (χ2n) is 5.14. The number of nitrogens with zero attached hydrogens (tertiary/aromatic N) is 1. The Bertz CT molecular complexity index is 537. The molecule has 0 spiro atoms. The molecule has 0 unspecified atom stereocenters. The van der Waals surface area contributed by atoms with Crippen molar-refractivity contribution in [2.75, 3.05) is 26.8 Å². The summed E-state index contributed by atoms with van der Waals surface area (Å²) in [6.07, 6.45) is 4.55. The second kappa shape index (κ2) is 8.60. The third kappa shape index (κ3) is 5.33. The lowest BCUT2D eigenvalue weighted by Gasteiger charge is -2.03. The Labute approximate surface area is 126 Å². The average molecular weight is 288 g/mol. The third-order valence-corrected chi connectivity index (χ3v) is 3.50. The van der Waals surface area contributed by atoms with Crippen LogP contribution in [0.4, 0.5) is 0 Å². The molecular weight excluding hydrogens is 264 g/mol. The molecule has 0 aliphatic carbocycles. The molecule has 0 fully saturated rings. The van der Waals surface area contributed by atoms with Crippen LogP contribution in [0, 0.1) is 6.92 Å². The van der Waals surface area contributed by atoms with Crippen molar-refractivity contribution in [2.24, 2.45) is 0 Å². The minimum absolute atomic E-state index is 0.729. The zero-order chi connectivity index (χ0) is 14.9. The van der Waals surface area contributed by atoms with Gasteiger partial charge in [0.2, 0.25) is 0 Å². The van der Waals surface area contributed by atoms with Crippen LogP contribution >= 0.6 is 0 Å². The molecule has 4 heteroatoms. The summed E-state index contributed by atoms with van der Waals surface area (Å²) >= 11 is 0. The van der Waals surface area contributed by atoms with Crippen molar-refractivity contribution in [2.45, 2.75) is 26.2 Å². The molecule has 1 aromatic carbocycles. The Morgan fingerprint density at radius 3 is 2.81 bits per heavy atom. The number of hydrogen-bond acceptors (Lipinski definition) is 4. The first kappa shape index (κ1) is 15.7. The summed E-state index contributed by atoms with van der Waals surface area (Å²) in [5.41, 5.74) is 2.70. The zero-order valence-corrected chi connectivity index (χ0v) is 12.9. The Morgan fingerprint density at radius 1 is 1.14 bits per heavy atom. The molecule has 0 amide bonds. The lowest BCUT2D eigenvalue weighted by molar-refractivity contribution is 0.199. The molecule has 1 heterocycles. The van der Waals surface area contributed by atoms with E-state index in [2.05, 4.69) is 41.5 Å². The lowest BCUT2D eigenvalue weighted by atomic mass is 10.0. The van der Waals surface area contributed by atoms with Crippen LogP contribution in [0.3, 0.4) is 0 Å². The summed E-state index contributed by atoms with van der Waals surface area (Å²) in [4.78, 5) is 4.33. The number of nitrogens with one attached hydrogen (secondary N) is 1. The van der Waals surface area contributed by atoms with Crippen molar-refractivity contribution in [1.82, 2.24) is 10.3 Å². The lowest BCUT2D eigenvalue weighted by Crippen LogP contribution is -2.21. The zero-order valence-electron chi connectivity index (χ0n) is 12.9. The van der Waals surface area contributed by atoms with Gasteiger partial charge >= 0.3 is 0 Å². The number of methoxy groups -OCH3 is 1. The number of aromatic nitrogens is 1. The summed E-state index contributed by atoms with van der Waals surface area (Å²) in [6, 6.07) is 8.47. The highest BCUT2D eigenvalue weighted by atomic mass is 16.5. The Kier molecular flexibility index (Phi) is 6.44. The molecule has 2 aromatic rings. The van der Waals surface area contributed by atoms with Crippen LogP contribution in [-0.4, -0.2) is 31.8 Å². The van der Waals surface area contributed by atoms with E-state index in [4.69, 9.17) is 9.15 Å². The van der Waals surface area contributed by atoms with E-state index in [1.807, 2.05) is 6.20 Å². The first-order valence-corrected chi connectivity index (χ1v) is 7.47. The van der Waals surface area contributed by atoms with Gasteiger partial charge in [-0.3, -0.25) is 0 Å². The molecule has 1 aromatic heterocycles. The molecule has 114 valence electrons. The van der Waals surface area contributed by atoms with Crippen LogP contribution in [-0.2, 0) is 24.0 Å². The summed E-state index contributed by atoms with van der Waals surface area (Å²) in [5.74, 6) is 1.77. The van der Waals surface area contributed by atoms with Gasteiger partial charge in [-0.1, -0.05) is 24.3 Å². The van der Waals surface area contributed by atoms with Crippen molar-refractivity contribution in [3.05, 3.63) is 53.2 Å². The number of benzene rings is 1. The first-order valence-electron chi connectivity index (χ1n) is 7.47. The molecule has 21 heavy (non-hydrogen) atoms. The molecule has 0 aliphatic rings. The maximum absolute atomic E-state index is 5.77. The van der Waals surface area contributed by atoms with Gasteiger partial charge in [0.15, 0.2) is 5.89 Å². The van der Waals surface area contributed by atoms with E-state index >= 15 is 0 Å². The predicted octanol–water partition coefficient (Wildman–Crippen LogP) is 2.55. The summed E-state index contributed by atoms with van der Waals surface area (Å²) < 4.78 is 10.7. The minimum Gasteiger partial charge on any atom is -0.446 e. The minimum atomic E-state index is 0.729. The summed E-state index contributed by atoms with van der Waals surface area (Å²) in [5, 5.41) is 3.28. The normalized spacial score (nSPS) is 11.0. The molecule has 0 bridgehead atoms. The monoisotopic (exact) mass is 288 g/mol. The molecule has 0 saturated carbocycles. The van der Waals surface area contributed by atoms with Crippen LogP contribution in [0.15, 0.2) is 34.9 Å². The Balaban J connectivity index is 1.74.